The Morgan fingerprint density at radius 1 is 1.14 bits per heavy atom. The normalized spacial score (nSPS) is 10.8. The smallest absolute Gasteiger partial charge is 0.273 e. The van der Waals surface area contributed by atoms with Crippen molar-refractivity contribution in [3.63, 3.8) is 0 Å². The lowest BCUT2D eigenvalue weighted by Gasteiger charge is -2.27. The Morgan fingerprint density at radius 3 is 2.57 bits per heavy atom. The van der Waals surface area contributed by atoms with Crippen molar-refractivity contribution in [2.75, 3.05) is 26.8 Å². The Kier molecular flexibility index (Phi) is 8.80. The monoisotopic (exact) mass is 482 g/mol. The average Bonchev–Trinajstić information content (AvgIpc) is 3.49. The number of carbonyl (C=O) groups excluding carboxylic acids is 2. The van der Waals surface area contributed by atoms with E-state index in [9.17, 15) is 19.7 Å². The molecule has 2 heterocycles. The summed E-state index contributed by atoms with van der Waals surface area (Å²) in [6, 6.07) is 11.7. The molecule has 35 heavy (non-hydrogen) atoms. The first-order chi connectivity index (χ1) is 16.8. The number of hydrogen-bond donors (Lipinski definition) is 0. The Hall–Kier alpha value is -3.92. The van der Waals surface area contributed by atoms with E-state index in [1.54, 1.807) is 49.5 Å². The minimum atomic E-state index is -0.516. The first-order valence-electron chi connectivity index (χ1n) is 11.2. The topological polar surface area (TPSA) is 111 Å². The predicted octanol–water partition coefficient (Wildman–Crippen LogP) is 3.54. The molecule has 3 aromatic rings. The molecule has 0 fully saturated rings. The van der Waals surface area contributed by atoms with Crippen LogP contribution in [0.4, 0.5) is 5.69 Å². The number of nitrogens with zero attached hydrogens (tertiary/aromatic N) is 4. The van der Waals surface area contributed by atoms with Crippen LogP contribution in [0.2, 0.25) is 0 Å². The molecule has 0 radical (unpaired) electrons. The lowest BCUT2D eigenvalue weighted by molar-refractivity contribution is -0.385. The van der Waals surface area contributed by atoms with Gasteiger partial charge in [0.05, 0.1) is 24.3 Å². The van der Waals surface area contributed by atoms with Crippen LogP contribution in [-0.4, -0.2) is 57.9 Å². The van der Waals surface area contributed by atoms with Crippen LogP contribution in [-0.2, 0) is 29.7 Å². The number of aromatic nitrogens is 1. The highest BCUT2D eigenvalue weighted by molar-refractivity contribution is 5.97. The fraction of sp³-hybridized carbons (Fsp3) is 0.360. The molecule has 10 heteroatoms. The summed E-state index contributed by atoms with van der Waals surface area (Å²) in [5, 5.41) is 11.4. The van der Waals surface area contributed by atoms with E-state index >= 15 is 0 Å². The molecule has 0 saturated heterocycles. The Balaban J connectivity index is 1.84. The van der Waals surface area contributed by atoms with E-state index in [0.29, 0.717) is 30.9 Å². The van der Waals surface area contributed by atoms with E-state index in [-0.39, 0.29) is 36.8 Å². The molecule has 0 bridgehead atoms. The van der Waals surface area contributed by atoms with Crippen LogP contribution in [0.25, 0.3) is 0 Å². The lowest BCUT2D eigenvalue weighted by atomic mass is 10.1. The van der Waals surface area contributed by atoms with Crippen LogP contribution in [0.1, 0.15) is 33.8 Å². The van der Waals surface area contributed by atoms with Gasteiger partial charge in [0.1, 0.15) is 12.3 Å². The number of furan rings is 1. The number of aryl methyl sites for hydroxylation is 2. The van der Waals surface area contributed by atoms with E-state index in [2.05, 4.69) is 0 Å². The van der Waals surface area contributed by atoms with Crippen LogP contribution in [0.15, 0.2) is 59.3 Å². The summed E-state index contributed by atoms with van der Waals surface area (Å²) >= 11 is 0. The number of hydrogen-bond acceptors (Lipinski definition) is 6. The van der Waals surface area contributed by atoms with Crippen molar-refractivity contribution >= 4 is 17.5 Å². The molecule has 0 N–H and O–H groups in total. The first kappa shape index (κ1) is 25.7. The molecule has 0 aliphatic heterocycles. The average molecular weight is 483 g/mol. The fourth-order valence-electron chi connectivity index (χ4n) is 3.72. The summed E-state index contributed by atoms with van der Waals surface area (Å²) in [7, 11) is 3.46. The number of rotatable bonds is 12. The molecule has 3 rings (SSSR count). The second kappa shape index (κ2) is 12.0. The third kappa shape index (κ3) is 6.80. The summed E-state index contributed by atoms with van der Waals surface area (Å²) < 4.78 is 12.5. The van der Waals surface area contributed by atoms with E-state index in [4.69, 9.17) is 9.15 Å². The summed E-state index contributed by atoms with van der Waals surface area (Å²) in [6.07, 6.45) is 3.96. The summed E-state index contributed by atoms with van der Waals surface area (Å²) in [5.74, 6) is -0.0941. The van der Waals surface area contributed by atoms with Crippen LogP contribution >= 0.6 is 0 Å². The summed E-state index contributed by atoms with van der Waals surface area (Å²) in [4.78, 5) is 40.7. The van der Waals surface area contributed by atoms with Crippen molar-refractivity contribution in [3.05, 3.63) is 87.6 Å². The maximum absolute atomic E-state index is 13.5. The highest BCUT2D eigenvalue weighted by Gasteiger charge is 2.25. The van der Waals surface area contributed by atoms with Gasteiger partial charge in [-0.25, -0.2) is 0 Å². The first-order valence-corrected chi connectivity index (χ1v) is 11.2. The Bertz CT molecular complexity index is 1150. The van der Waals surface area contributed by atoms with Gasteiger partial charge in [0.25, 0.3) is 11.6 Å². The molecule has 2 amide bonds. The van der Waals surface area contributed by atoms with Gasteiger partial charge in [-0.3, -0.25) is 19.7 Å². The second-order valence-corrected chi connectivity index (χ2v) is 8.27. The van der Waals surface area contributed by atoms with Crippen molar-refractivity contribution in [2.45, 2.75) is 26.4 Å². The van der Waals surface area contributed by atoms with Gasteiger partial charge in [-0.05, 0) is 43.7 Å². The van der Waals surface area contributed by atoms with Crippen LogP contribution in [0.5, 0.6) is 0 Å². The van der Waals surface area contributed by atoms with Gasteiger partial charge < -0.3 is 23.5 Å². The van der Waals surface area contributed by atoms with Crippen molar-refractivity contribution in [1.29, 1.82) is 0 Å². The van der Waals surface area contributed by atoms with Crippen LogP contribution in [0.3, 0.4) is 0 Å². The van der Waals surface area contributed by atoms with Gasteiger partial charge in [-0.15, -0.1) is 0 Å². The zero-order valence-corrected chi connectivity index (χ0v) is 20.2. The van der Waals surface area contributed by atoms with Gasteiger partial charge >= 0.3 is 0 Å². The molecule has 10 nitrogen and oxygen atoms in total. The zero-order valence-electron chi connectivity index (χ0n) is 20.2. The molecule has 0 saturated carbocycles. The molecule has 0 atom stereocenters. The quantitative estimate of drug-likeness (QED) is 0.222. The van der Waals surface area contributed by atoms with E-state index in [0.717, 1.165) is 5.69 Å². The highest BCUT2D eigenvalue weighted by Crippen LogP contribution is 2.21. The van der Waals surface area contributed by atoms with Crippen molar-refractivity contribution in [3.8, 4) is 0 Å². The number of nitro benzene ring substituents is 1. The summed E-state index contributed by atoms with van der Waals surface area (Å²) in [6.45, 7) is 2.67. The maximum atomic E-state index is 13.5. The highest BCUT2D eigenvalue weighted by atomic mass is 16.6. The minimum absolute atomic E-state index is 0.137. The molecule has 0 aliphatic rings. The molecule has 2 aromatic heterocycles. The third-order valence-electron chi connectivity index (χ3n) is 5.73. The Labute approximate surface area is 203 Å². The maximum Gasteiger partial charge on any atom is 0.273 e. The van der Waals surface area contributed by atoms with E-state index < -0.39 is 10.8 Å². The number of ether oxygens (including phenoxy) is 1. The number of methoxy groups -OCH3 is 1. The van der Waals surface area contributed by atoms with E-state index in [1.807, 2.05) is 29.9 Å². The molecule has 1 aromatic carbocycles. The minimum Gasteiger partial charge on any atom is -0.467 e. The molecule has 0 unspecified atom stereocenters. The largest absolute Gasteiger partial charge is 0.467 e. The van der Waals surface area contributed by atoms with Crippen LogP contribution < -0.4 is 0 Å². The number of benzene rings is 1. The molecular weight excluding hydrogens is 452 g/mol. The lowest BCUT2D eigenvalue weighted by Crippen LogP contribution is -2.43. The molecular formula is C25H30N4O6. The molecule has 0 aliphatic carbocycles. The fourth-order valence-corrected chi connectivity index (χ4v) is 3.72. The van der Waals surface area contributed by atoms with Crippen molar-refractivity contribution < 1.29 is 23.7 Å². The van der Waals surface area contributed by atoms with Crippen LogP contribution in [0, 0.1) is 17.0 Å². The van der Waals surface area contributed by atoms with Crippen molar-refractivity contribution in [1.82, 2.24) is 14.4 Å². The SMILES string of the molecule is COCCCN(CC(=O)N(Cc1ccco1)Cc1cccn1C)C(=O)c1ccc(C)c([N+](=O)[O-])c1. The zero-order chi connectivity index (χ0) is 25.4. The standard InChI is InChI=1S/C25H30N4O6/c1-19-9-10-20(15-23(19)29(32)33)25(31)27(12-6-13-34-3)18-24(30)28(17-22-8-5-14-35-22)16-21-7-4-11-26(21)2/h4-5,7-11,14-15H,6,12-13,16-18H2,1-3H3. The van der Waals surface area contributed by atoms with Gasteiger partial charge in [0, 0.05) is 56.4 Å². The van der Waals surface area contributed by atoms with Gasteiger partial charge in [-0.2, -0.15) is 0 Å². The third-order valence-corrected chi connectivity index (χ3v) is 5.73. The number of nitro groups is 1. The van der Waals surface area contributed by atoms with Gasteiger partial charge in [0.15, 0.2) is 0 Å². The summed E-state index contributed by atoms with van der Waals surface area (Å²) in [5.41, 5.74) is 1.41. The van der Waals surface area contributed by atoms with Gasteiger partial charge in [-0.1, -0.05) is 6.07 Å². The molecule has 0 spiro atoms. The number of carbonyl (C=O) groups is 2. The molecule has 186 valence electrons. The second-order valence-electron chi connectivity index (χ2n) is 8.27. The Morgan fingerprint density at radius 2 is 1.94 bits per heavy atom. The van der Waals surface area contributed by atoms with Gasteiger partial charge in [0.2, 0.25) is 5.91 Å². The van der Waals surface area contributed by atoms with Crippen molar-refractivity contribution in [2.24, 2.45) is 7.05 Å². The van der Waals surface area contributed by atoms with E-state index in [1.165, 1.54) is 11.0 Å². The number of amides is 2. The predicted molar refractivity (Wildman–Crippen MR) is 129 cm³/mol.